The highest BCUT2D eigenvalue weighted by Gasteiger charge is 2.25. The SMILES string of the molecule is CC(C)C[C@H](NC(=O)c1cccc2c1CN(Cc1ccccc1)CC(=O)NCCCCCO2)C(=O)O. The van der Waals surface area contributed by atoms with Gasteiger partial charge in [-0.1, -0.05) is 50.2 Å². The Hall–Kier alpha value is -3.39. The molecule has 0 radical (unpaired) electrons. The Morgan fingerprint density at radius 2 is 1.83 bits per heavy atom. The van der Waals surface area contributed by atoms with E-state index in [-0.39, 0.29) is 18.4 Å². The summed E-state index contributed by atoms with van der Waals surface area (Å²) in [6.07, 6.45) is 2.94. The highest BCUT2D eigenvalue weighted by atomic mass is 16.5. The number of carboxylic acid groups (broad SMARTS) is 1. The van der Waals surface area contributed by atoms with Crippen molar-refractivity contribution in [1.29, 1.82) is 0 Å². The summed E-state index contributed by atoms with van der Waals surface area (Å²) < 4.78 is 6.11. The Bertz CT molecular complexity index is 1030. The molecule has 2 amide bonds. The number of hydrogen-bond acceptors (Lipinski definition) is 5. The fraction of sp³-hybridized carbons (Fsp3) is 0.464. The van der Waals surface area contributed by atoms with E-state index in [9.17, 15) is 19.5 Å². The quantitative estimate of drug-likeness (QED) is 0.542. The second kappa shape index (κ2) is 13.6. The van der Waals surface area contributed by atoms with Gasteiger partial charge >= 0.3 is 5.97 Å². The Morgan fingerprint density at radius 1 is 1.06 bits per heavy atom. The molecule has 1 heterocycles. The third-order valence-electron chi connectivity index (χ3n) is 6.09. The molecule has 2 aromatic carbocycles. The van der Waals surface area contributed by atoms with Gasteiger partial charge in [0.1, 0.15) is 11.8 Å². The third kappa shape index (κ3) is 8.37. The highest BCUT2D eigenvalue weighted by molar-refractivity contribution is 5.98. The van der Waals surface area contributed by atoms with Crippen molar-refractivity contribution >= 4 is 17.8 Å². The van der Waals surface area contributed by atoms with Gasteiger partial charge in [-0.15, -0.1) is 0 Å². The Morgan fingerprint density at radius 3 is 2.56 bits per heavy atom. The first-order valence-electron chi connectivity index (χ1n) is 12.6. The molecule has 0 spiro atoms. The summed E-state index contributed by atoms with van der Waals surface area (Å²) in [5.74, 6) is -0.910. The van der Waals surface area contributed by atoms with Crippen molar-refractivity contribution in [3.8, 4) is 5.75 Å². The second-order valence-electron chi connectivity index (χ2n) is 9.67. The molecule has 0 bridgehead atoms. The van der Waals surface area contributed by atoms with Crippen LogP contribution in [0.1, 0.15) is 61.0 Å². The van der Waals surface area contributed by atoms with Gasteiger partial charge in [0.2, 0.25) is 5.91 Å². The summed E-state index contributed by atoms with van der Waals surface area (Å²) in [4.78, 5) is 39.8. The van der Waals surface area contributed by atoms with Crippen LogP contribution in [-0.2, 0) is 22.7 Å². The van der Waals surface area contributed by atoms with Crippen LogP contribution in [0.15, 0.2) is 48.5 Å². The third-order valence-corrected chi connectivity index (χ3v) is 6.09. The van der Waals surface area contributed by atoms with Crippen molar-refractivity contribution in [3.05, 3.63) is 65.2 Å². The average Bonchev–Trinajstić information content (AvgIpc) is 2.85. The lowest BCUT2D eigenvalue weighted by Gasteiger charge is -2.25. The van der Waals surface area contributed by atoms with Gasteiger partial charge in [0.25, 0.3) is 5.91 Å². The first kappa shape index (κ1) is 27.2. The number of aliphatic carboxylic acids is 1. The van der Waals surface area contributed by atoms with Crippen LogP contribution in [0.4, 0.5) is 0 Å². The monoisotopic (exact) mass is 495 g/mol. The van der Waals surface area contributed by atoms with Crippen molar-refractivity contribution in [2.45, 2.75) is 58.7 Å². The molecule has 0 saturated heterocycles. The standard InChI is InChI=1S/C28H37N3O5/c1-20(2)16-24(28(34)35)30-27(33)22-12-9-13-25-23(22)18-31(17-21-10-5-3-6-11-21)19-26(32)29-14-7-4-8-15-36-25/h3,5-6,9-13,20,24H,4,7-8,14-19H2,1-2H3,(H,29,32)(H,30,33)(H,34,35)/t24-/m0/s1. The maximum Gasteiger partial charge on any atom is 0.326 e. The average molecular weight is 496 g/mol. The Kier molecular flexibility index (Phi) is 10.3. The molecule has 3 N–H and O–H groups in total. The molecule has 8 nitrogen and oxygen atoms in total. The smallest absolute Gasteiger partial charge is 0.326 e. The topological polar surface area (TPSA) is 108 Å². The Balaban J connectivity index is 1.95. The van der Waals surface area contributed by atoms with E-state index in [1.54, 1.807) is 12.1 Å². The normalized spacial score (nSPS) is 16.4. The van der Waals surface area contributed by atoms with Gasteiger partial charge in [-0.05, 0) is 49.3 Å². The fourth-order valence-electron chi connectivity index (χ4n) is 4.31. The summed E-state index contributed by atoms with van der Waals surface area (Å²) in [5, 5.41) is 15.3. The van der Waals surface area contributed by atoms with Gasteiger partial charge in [-0.2, -0.15) is 0 Å². The van der Waals surface area contributed by atoms with Gasteiger partial charge in [0.05, 0.1) is 13.2 Å². The second-order valence-corrected chi connectivity index (χ2v) is 9.67. The minimum Gasteiger partial charge on any atom is -0.493 e. The van der Waals surface area contributed by atoms with Gasteiger partial charge in [0.15, 0.2) is 0 Å². The van der Waals surface area contributed by atoms with Gasteiger partial charge in [-0.3, -0.25) is 14.5 Å². The van der Waals surface area contributed by atoms with Gasteiger partial charge in [0, 0.05) is 30.8 Å². The zero-order chi connectivity index (χ0) is 25.9. The lowest BCUT2D eigenvalue weighted by atomic mass is 10.0. The molecule has 3 rings (SSSR count). The molecule has 2 aromatic rings. The molecular weight excluding hydrogens is 458 g/mol. The molecule has 0 unspecified atom stereocenters. The van der Waals surface area contributed by atoms with Crippen LogP contribution >= 0.6 is 0 Å². The molecule has 0 saturated carbocycles. The fourth-order valence-corrected chi connectivity index (χ4v) is 4.31. The number of amides is 2. The summed E-state index contributed by atoms with van der Waals surface area (Å²) in [6.45, 7) is 5.91. The molecule has 194 valence electrons. The number of fused-ring (bicyclic) bond motifs is 1. The van der Waals surface area contributed by atoms with Crippen LogP contribution in [0, 0.1) is 5.92 Å². The minimum absolute atomic E-state index is 0.0718. The molecule has 0 aliphatic carbocycles. The zero-order valence-corrected chi connectivity index (χ0v) is 21.2. The zero-order valence-electron chi connectivity index (χ0n) is 21.2. The van der Waals surface area contributed by atoms with Gasteiger partial charge in [-0.25, -0.2) is 4.79 Å². The number of nitrogens with zero attached hydrogens (tertiary/aromatic N) is 1. The van der Waals surface area contributed by atoms with Crippen LogP contribution in [0.5, 0.6) is 5.75 Å². The number of rotatable bonds is 7. The van der Waals surface area contributed by atoms with Crippen LogP contribution in [0.2, 0.25) is 0 Å². The molecule has 1 aliphatic rings. The molecule has 0 fully saturated rings. The van der Waals surface area contributed by atoms with E-state index < -0.39 is 17.9 Å². The number of benzene rings is 2. The maximum atomic E-state index is 13.3. The van der Waals surface area contributed by atoms with Crippen LogP contribution in [0.3, 0.4) is 0 Å². The highest BCUT2D eigenvalue weighted by Crippen LogP contribution is 2.26. The van der Waals surface area contributed by atoms with E-state index in [0.29, 0.717) is 49.5 Å². The first-order valence-corrected chi connectivity index (χ1v) is 12.6. The molecule has 36 heavy (non-hydrogen) atoms. The predicted molar refractivity (Wildman–Crippen MR) is 138 cm³/mol. The molecule has 0 aromatic heterocycles. The van der Waals surface area contributed by atoms with Crippen LogP contribution < -0.4 is 15.4 Å². The largest absolute Gasteiger partial charge is 0.493 e. The molecule has 8 heteroatoms. The van der Waals surface area contributed by atoms with Crippen molar-refractivity contribution in [2.75, 3.05) is 19.7 Å². The number of nitrogens with one attached hydrogen (secondary N) is 2. The van der Waals surface area contributed by atoms with Crippen LogP contribution in [-0.4, -0.2) is 53.5 Å². The van der Waals surface area contributed by atoms with Crippen molar-refractivity contribution in [2.24, 2.45) is 5.92 Å². The number of carboxylic acids is 1. The van der Waals surface area contributed by atoms with E-state index in [1.165, 1.54) is 0 Å². The molecule has 1 atom stereocenters. The summed E-state index contributed by atoms with van der Waals surface area (Å²) in [6, 6.07) is 14.1. The number of carbonyl (C=O) groups excluding carboxylic acids is 2. The van der Waals surface area contributed by atoms with Crippen LogP contribution in [0.25, 0.3) is 0 Å². The Labute approximate surface area is 213 Å². The summed E-state index contributed by atoms with van der Waals surface area (Å²) >= 11 is 0. The van der Waals surface area contributed by atoms with E-state index in [0.717, 1.165) is 24.8 Å². The lowest BCUT2D eigenvalue weighted by Crippen LogP contribution is -2.42. The van der Waals surface area contributed by atoms with E-state index in [1.807, 2.05) is 55.1 Å². The van der Waals surface area contributed by atoms with Crippen molar-refractivity contribution < 1.29 is 24.2 Å². The first-order chi connectivity index (χ1) is 17.3. The number of ether oxygens (including phenoxy) is 1. The van der Waals surface area contributed by atoms with E-state index in [2.05, 4.69) is 10.6 Å². The van der Waals surface area contributed by atoms with Crippen molar-refractivity contribution in [1.82, 2.24) is 15.5 Å². The van der Waals surface area contributed by atoms with E-state index >= 15 is 0 Å². The maximum absolute atomic E-state index is 13.3. The molecular formula is C28H37N3O5. The lowest BCUT2D eigenvalue weighted by molar-refractivity contribution is -0.139. The number of carbonyl (C=O) groups is 3. The summed E-state index contributed by atoms with van der Waals surface area (Å²) in [5.41, 5.74) is 2.05. The van der Waals surface area contributed by atoms with Gasteiger partial charge < -0.3 is 20.5 Å². The minimum atomic E-state index is -1.06. The number of hydrogen-bond donors (Lipinski definition) is 3. The van der Waals surface area contributed by atoms with Crippen molar-refractivity contribution in [3.63, 3.8) is 0 Å². The predicted octanol–water partition coefficient (Wildman–Crippen LogP) is 3.60. The molecule has 1 aliphatic heterocycles. The van der Waals surface area contributed by atoms with E-state index in [4.69, 9.17) is 4.74 Å². The summed E-state index contributed by atoms with van der Waals surface area (Å²) in [7, 11) is 0.